The van der Waals surface area contributed by atoms with Crippen molar-refractivity contribution in [1.82, 2.24) is 5.23 Å². The van der Waals surface area contributed by atoms with Gasteiger partial charge in [-0.15, -0.1) is 6.42 Å². The van der Waals surface area contributed by atoms with E-state index in [0.717, 1.165) is 0 Å². The van der Waals surface area contributed by atoms with Crippen molar-refractivity contribution in [3.05, 3.63) is 0 Å². The second kappa shape index (κ2) is 3.62. The molecule has 0 amide bonds. The summed E-state index contributed by atoms with van der Waals surface area (Å²) < 4.78 is 0. The molecule has 0 aromatic heterocycles. The monoisotopic (exact) mass is 101 g/mol. The standard InChI is InChI=1S/C4H7NO2/c1-3-4-5(6)7-2/h1,6H,4H2,2H3. The molecule has 40 valence electrons. The summed E-state index contributed by atoms with van der Waals surface area (Å²) in [5.41, 5.74) is 0. The number of hydrogen-bond donors (Lipinski definition) is 1. The Morgan fingerprint density at radius 3 is 2.71 bits per heavy atom. The molecule has 0 heterocycles. The van der Waals surface area contributed by atoms with Crippen molar-refractivity contribution in [3.63, 3.8) is 0 Å². The van der Waals surface area contributed by atoms with Gasteiger partial charge in [0.1, 0.15) is 6.54 Å². The maximum atomic E-state index is 8.33. The van der Waals surface area contributed by atoms with Gasteiger partial charge in [-0.1, -0.05) is 11.1 Å². The minimum Gasteiger partial charge on any atom is -0.289 e. The second-order valence-corrected chi connectivity index (χ2v) is 0.897. The van der Waals surface area contributed by atoms with Crippen LogP contribution in [0.3, 0.4) is 0 Å². The molecule has 0 aliphatic rings. The van der Waals surface area contributed by atoms with Crippen molar-refractivity contribution in [2.24, 2.45) is 0 Å². The Morgan fingerprint density at radius 2 is 2.57 bits per heavy atom. The van der Waals surface area contributed by atoms with E-state index in [1.54, 1.807) is 0 Å². The van der Waals surface area contributed by atoms with E-state index in [2.05, 4.69) is 10.8 Å². The summed E-state index contributed by atoms with van der Waals surface area (Å²) in [7, 11) is 1.33. The van der Waals surface area contributed by atoms with Crippen LogP contribution < -0.4 is 0 Å². The smallest absolute Gasteiger partial charge is 0.112 e. The third-order valence-electron chi connectivity index (χ3n) is 0.437. The van der Waals surface area contributed by atoms with Gasteiger partial charge in [0.15, 0.2) is 0 Å². The maximum absolute atomic E-state index is 8.33. The Morgan fingerprint density at radius 1 is 2.00 bits per heavy atom. The molecule has 0 aliphatic heterocycles. The molecule has 0 spiro atoms. The van der Waals surface area contributed by atoms with Crippen LogP contribution in [0, 0.1) is 12.3 Å². The van der Waals surface area contributed by atoms with Gasteiger partial charge >= 0.3 is 0 Å². The van der Waals surface area contributed by atoms with E-state index in [0.29, 0.717) is 5.23 Å². The fourth-order valence-corrected chi connectivity index (χ4v) is 0.143. The summed E-state index contributed by atoms with van der Waals surface area (Å²) in [5.74, 6) is 2.17. The van der Waals surface area contributed by atoms with Crippen LogP contribution in [0.5, 0.6) is 0 Å². The van der Waals surface area contributed by atoms with Gasteiger partial charge in [-0.05, 0) is 0 Å². The molecule has 0 radical (unpaired) electrons. The fourth-order valence-electron chi connectivity index (χ4n) is 0.143. The van der Waals surface area contributed by atoms with E-state index in [4.69, 9.17) is 11.6 Å². The molecule has 3 nitrogen and oxygen atoms in total. The minimum atomic E-state index is 0.0938. The van der Waals surface area contributed by atoms with Crippen LogP contribution in [-0.2, 0) is 4.84 Å². The lowest BCUT2D eigenvalue weighted by Gasteiger charge is -2.04. The largest absolute Gasteiger partial charge is 0.289 e. The molecule has 0 fully saturated rings. The van der Waals surface area contributed by atoms with Crippen molar-refractivity contribution in [3.8, 4) is 12.3 Å². The molecule has 0 saturated heterocycles. The highest BCUT2D eigenvalue weighted by Gasteiger charge is 1.87. The summed E-state index contributed by atoms with van der Waals surface area (Å²) in [5, 5.41) is 8.90. The first-order valence-electron chi connectivity index (χ1n) is 1.75. The van der Waals surface area contributed by atoms with Gasteiger partial charge in [0.25, 0.3) is 0 Å². The molecule has 1 N–H and O–H groups in total. The Labute approximate surface area is 42.4 Å². The molecule has 0 rings (SSSR count). The van der Waals surface area contributed by atoms with Crippen molar-refractivity contribution in [2.75, 3.05) is 13.7 Å². The third-order valence-corrected chi connectivity index (χ3v) is 0.437. The molecule has 0 aromatic carbocycles. The first kappa shape index (κ1) is 6.44. The van der Waals surface area contributed by atoms with E-state index in [-0.39, 0.29) is 6.54 Å². The number of hydrogen-bond acceptors (Lipinski definition) is 3. The van der Waals surface area contributed by atoms with Gasteiger partial charge in [-0.2, -0.15) is 0 Å². The van der Waals surface area contributed by atoms with Crippen molar-refractivity contribution in [1.29, 1.82) is 0 Å². The van der Waals surface area contributed by atoms with Crippen LogP contribution in [0.2, 0.25) is 0 Å². The summed E-state index contributed by atoms with van der Waals surface area (Å²) >= 11 is 0. The van der Waals surface area contributed by atoms with Gasteiger partial charge < -0.3 is 0 Å². The predicted octanol–water partition coefficient (Wildman–Crippen LogP) is -0.128. The fraction of sp³-hybridized carbons (Fsp3) is 0.500. The highest BCUT2D eigenvalue weighted by molar-refractivity contribution is 4.84. The molecule has 0 bridgehead atoms. The molecule has 7 heavy (non-hydrogen) atoms. The van der Waals surface area contributed by atoms with Crippen molar-refractivity contribution < 1.29 is 10.0 Å². The molecular weight excluding hydrogens is 94.0 g/mol. The van der Waals surface area contributed by atoms with Crippen LogP contribution >= 0.6 is 0 Å². The topological polar surface area (TPSA) is 32.7 Å². The minimum absolute atomic E-state index is 0.0938. The second-order valence-electron chi connectivity index (χ2n) is 0.897. The molecule has 3 heteroatoms. The lowest BCUT2D eigenvalue weighted by Crippen LogP contribution is -2.16. The Bertz CT molecular complexity index is 76.2. The lowest BCUT2D eigenvalue weighted by molar-refractivity contribution is -0.317. The number of nitrogens with zero attached hydrogens (tertiary/aromatic N) is 1. The average Bonchev–Trinajstić information content (AvgIpc) is 1.68. The summed E-state index contributed by atoms with van der Waals surface area (Å²) in [4.78, 5) is 4.24. The Balaban J connectivity index is 3.03. The number of terminal acetylenes is 1. The van der Waals surface area contributed by atoms with Crippen LogP contribution in [0.25, 0.3) is 0 Å². The molecule has 0 saturated carbocycles. The Kier molecular flexibility index (Phi) is 3.33. The highest BCUT2D eigenvalue weighted by atomic mass is 16.9. The molecule has 0 aliphatic carbocycles. The lowest BCUT2D eigenvalue weighted by atomic mass is 10.7. The van der Waals surface area contributed by atoms with Crippen molar-refractivity contribution in [2.45, 2.75) is 0 Å². The van der Waals surface area contributed by atoms with Crippen molar-refractivity contribution >= 4 is 0 Å². The van der Waals surface area contributed by atoms with E-state index >= 15 is 0 Å². The van der Waals surface area contributed by atoms with Crippen LogP contribution in [0.4, 0.5) is 0 Å². The van der Waals surface area contributed by atoms with Gasteiger partial charge in [0, 0.05) is 0 Å². The van der Waals surface area contributed by atoms with E-state index in [9.17, 15) is 0 Å². The Hall–Kier alpha value is -0.560. The summed E-state index contributed by atoms with van der Waals surface area (Å²) in [6.07, 6.45) is 4.77. The molecule has 0 atom stereocenters. The zero-order valence-electron chi connectivity index (χ0n) is 4.09. The normalized spacial score (nSPS) is 8.86. The SMILES string of the molecule is C#CCN(O)OC. The molecule has 0 unspecified atom stereocenters. The van der Waals surface area contributed by atoms with Gasteiger partial charge in [-0.3, -0.25) is 10.0 Å². The van der Waals surface area contributed by atoms with E-state index in [1.165, 1.54) is 7.11 Å². The number of hydroxylamine groups is 2. The highest BCUT2D eigenvalue weighted by Crippen LogP contribution is 1.74. The third kappa shape index (κ3) is 3.27. The summed E-state index contributed by atoms with van der Waals surface area (Å²) in [6.45, 7) is 0.0938. The van der Waals surface area contributed by atoms with Crippen LogP contribution in [0.15, 0.2) is 0 Å². The quantitative estimate of drug-likeness (QED) is 0.388. The molecular formula is C4H7NO2. The van der Waals surface area contributed by atoms with Gasteiger partial charge in [0.2, 0.25) is 0 Å². The maximum Gasteiger partial charge on any atom is 0.112 e. The first-order valence-corrected chi connectivity index (χ1v) is 1.75. The van der Waals surface area contributed by atoms with Crippen LogP contribution in [0.1, 0.15) is 0 Å². The summed E-state index contributed by atoms with van der Waals surface area (Å²) in [6, 6.07) is 0. The number of rotatable bonds is 2. The van der Waals surface area contributed by atoms with Crippen LogP contribution in [-0.4, -0.2) is 24.1 Å². The zero-order valence-corrected chi connectivity index (χ0v) is 4.09. The van der Waals surface area contributed by atoms with E-state index in [1.807, 2.05) is 0 Å². The molecule has 0 aromatic rings. The predicted molar refractivity (Wildman–Crippen MR) is 24.3 cm³/mol. The average molecular weight is 101 g/mol. The zero-order chi connectivity index (χ0) is 5.70. The first-order chi connectivity index (χ1) is 3.31. The van der Waals surface area contributed by atoms with E-state index < -0.39 is 0 Å². The van der Waals surface area contributed by atoms with Gasteiger partial charge in [-0.25, -0.2) is 0 Å². The van der Waals surface area contributed by atoms with Gasteiger partial charge in [0.05, 0.1) is 7.11 Å².